The van der Waals surface area contributed by atoms with E-state index in [4.69, 9.17) is 5.84 Å². The van der Waals surface area contributed by atoms with Crippen molar-refractivity contribution in [3.63, 3.8) is 0 Å². The fraction of sp³-hybridized carbons (Fsp3) is 1.00. The smallest absolute Gasteiger partial charge is 0.269 e. The van der Waals surface area contributed by atoms with Crippen molar-refractivity contribution in [3.05, 3.63) is 0 Å². The first-order valence-corrected chi connectivity index (χ1v) is 3.67. The second kappa shape index (κ2) is 3.06. The number of nitrogens with zero attached hydrogens (tertiary/aromatic N) is 1. The molecule has 2 nitrogen and oxygen atoms in total. The molecule has 1 atom stereocenters. The molecular formula is C6H9F5N2. The van der Waals surface area contributed by atoms with E-state index in [0.29, 0.717) is 0 Å². The molecule has 0 bridgehead atoms. The number of rotatable bonds is 0. The SMILES string of the molecule is NN1CCC(F)(F)C(C(F)(F)F)C1. The van der Waals surface area contributed by atoms with Crippen LogP contribution in [0.15, 0.2) is 0 Å². The van der Waals surface area contributed by atoms with Gasteiger partial charge in [-0.25, -0.2) is 13.8 Å². The zero-order valence-corrected chi connectivity index (χ0v) is 6.61. The molecule has 0 radical (unpaired) electrons. The maximum atomic E-state index is 12.7. The van der Waals surface area contributed by atoms with Crippen molar-refractivity contribution >= 4 is 0 Å². The summed E-state index contributed by atoms with van der Waals surface area (Å²) in [6.45, 7) is -1.05. The predicted octanol–water partition coefficient (Wildman–Crippen LogP) is 1.38. The standard InChI is InChI=1S/C6H9F5N2/c7-5(8)1-2-13(12)3-4(5)6(9,10)11/h4H,1-3,12H2. The average molecular weight is 204 g/mol. The molecule has 78 valence electrons. The van der Waals surface area contributed by atoms with Crippen LogP contribution in [0.2, 0.25) is 0 Å². The normalized spacial score (nSPS) is 30.5. The summed E-state index contributed by atoms with van der Waals surface area (Å²) in [5.41, 5.74) is 0. The molecule has 1 unspecified atom stereocenters. The molecule has 1 saturated heterocycles. The third-order valence-corrected chi connectivity index (χ3v) is 2.05. The minimum atomic E-state index is -4.89. The van der Waals surface area contributed by atoms with Crippen LogP contribution < -0.4 is 5.84 Å². The molecule has 0 saturated carbocycles. The molecule has 2 N–H and O–H groups in total. The third-order valence-electron chi connectivity index (χ3n) is 2.05. The maximum absolute atomic E-state index is 12.7. The van der Waals surface area contributed by atoms with Crippen LogP contribution in [0.5, 0.6) is 0 Å². The Kier molecular flexibility index (Phi) is 2.50. The van der Waals surface area contributed by atoms with Crippen molar-refractivity contribution in [1.29, 1.82) is 0 Å². The molecule has 1 aliphatic heterocycles. The number of piperidine rings is 1. The first-order chi connectivity index (χ1) is 5.73. The number of hydrogen-bond acceptors (Lipinski definition) is 2. The molecule has 0 spiro atoms. The largest absolute Gasteiger partial charge is 0.398 e. The minimum absolute atomic E-state index is 0.209. The van der Waals surface area contributed by atoms with Gasteiger partial charge in [-0.05, 0) is 0 Å². The molecule has 1 rings (SSSR count). The highest BCUT2D eigenvalue weighted by atomic mass is 19.4. The minimum Gasteiger partial charge on any atom is -0.269 e. The van der Waals surface area contributed by atoms with Crippen molar-refractivity contribution in [3.8, 4) is 0 Å². The van der Waals surface area contributed by atoms with Gasteiger partial charge in [0.15, 0.2) is 0 Å². The van der Waals surface area contributed by atoms with E-state index >= 15 is 0 Å². The van der Waals surface area contributed by atoms with Crippen LogP contribution in [0.4, 0.5) is 22.0 Å². The van der Waals surface area contributed by atoms with E-state index in [-0.39, 0.29) is 6.54 Å². The van der Waals surface area contributed by atoms with Gasteiger partial charge in [0.05, 0.1) is 0 Å². The summed E-state index contributed by atoms with van der Waals surface area (Å²) in [6, 6.07) is 0. The topological polar surface area (TPSA) is 29.3 Å². The first-order valence-electron chi connectivity index (χ1n) is 3.67. The Labute approximate surface area is 71.5 Å². The predicted molar refractivity (Wildman–Crippen MR) is 34.9 cm³/mol. The van der Waals surface area contributed by atoms with Gasteiger partial charge < -0.3 is 0 Å². The summed E-state index contributed by atoms with van der Waals surface area (Å²) < 4.78 is 61.6. The molecule has 0 amide bonds. The van der Waals surface area contributed by atoms with Crippen LogP contribution in [-0.2, 0) is 0 Å². The summed E-state index contributed by atoms with van der Waals surface area (Å²) >= 11 is 0. The van der Waals surface area contributed by atoms with Crippen molar-refractivity contribution in [2.45, 2.75) is 18.5 Å². The van der Waals surface area contributed by atoms with Crippen LogP contribution in [0, 0.1) is 5.92 Å². The number of nitrogens with two attached hydrogens (primary N) is 1. The van der Waals surface area contributed by atoms with Gasteiger partial charge in [0.25, 0.3) is 5.92 Å². The van der Waals surface area contributed by atoms with E-state index in [1.807, 2.05) is 0 Å². The number of alkyl halides is 5. The van der Waals surface area contributed by atoms with Crippen molar-refractivity contribution in [1.82, 2.24) is 5.01 Å². The van der Waals surface area contributed by atoms with Gasteiger partial charge in [-0.15, -0.1) is 0 Å². The maximum Gasteiger partial charge on any atom is 0.398 e. The quantitative estimate of drug-likeness (QED) is 0.477. The summed E-state index contributed by atoms with van der Waals surface area (Å²) in [5.74, 6) is -1.28. The lowest BCUT2D eigenvalue weighted by atomic mass is 9.94. The average Bonchev–Trinajstić information content (AvgIpc) is 1.92. The number of hydrazine groups is 1. The highest BCUT2D eigenvalue weighted by Gasteiger charge is 2.57. The van der Waals surface area contributed by atoms with E-state index in [2.05, 4.69) is 0 Å². The second-order valence-corrected chi connectivity index (χ2v) is 3.10. The Balaban J connectivity index is 2.78. The van der Waals surface area contributed by atoms with E-state index in [1.54, 1.807) is 0 Å². The van der Waals surface area contributed by atoms with Gasteiger partial charge in [0, 0.05) is 19.5 Å². The van der Waals surface area contributed by atoms with E-state index in [0.717, 1.165) is 5.01 Å². The third kappa shape index (κ3) is 2.28. The fourth-order valence-electron chi connectivity index (χ4n) is 1.27. The molecule has 1 fully saturated rings. The first kappa shape index (κ1) is 10.6. The molecule has 0 aliphatic carbocycles. The Hall–Kier alpha value is -0.430. The Morgan fingerprint density at radius 2 is 1.85 bits per heavy atom. The van der Waals surface area contributed by atoms with Crippen molar-refractivity contribution in [2.24, 2.45) is 11.8 Å². The van der Waals surface area contributed by atoms with Crippen LogP contribution in [-0.4, -0.2) is 30.2 Å². The highest BCUT2D eigenvalue weighted by Crippen LogP contribution is 2.42. The summed E-state index contributed by atoms with van der Waals surface area (Å²) in [7, 11) is 0. The zero-order chi connectivity index (χ0) is 10.3. The van der Waals surface area contributed by atoms with E-state index in [1.165, 1.54) is 0 Å². The molecular weight excluding hydrogens is 195 g/mol. The molecule has 13 heavy (non-hydrogen) atoms. The highest BCUT2D eigenvalue weighted by molar-refractivity contribution is 4.88. The Morgan fingerprint density at radius 3 is 2.23 bits per heavy atom. The fourth-order valence-corrected chi connectivity index (χ4v) is 1.27. The van der Waals surface area contributed by atoms with Crippen LogP contribution >= 0.6 is 0 Å². The van der Waals surface area contributed by atoms with Crippen LogP contribution in [0.1, 0.15) is 6.42 Å². The monoisotopic (exact) mass is 204 g/mol. The number of halogens is 5. The molecule has 0 aromatic heterocycles. The Morgan fingerprint density at radius 1 is 1.31 bits per heavy atom. The van der Waals surface area contributed by atoms with Gasteiger partial charge in [-0.2, -0.15) is 13.2 Å². The lowest BCUT2D eigenvalue weighted by molar-refractivity contribution is -0.257. The van der Waals surface area contributed by atoms with E-state index in [9.17, 15) is 22.0 Å². The van der Waals surface area contributed by atoms with Crippen LogP contribution in [0.3, 0.4) is 0 Å². The summed E-state index contributed by atoms with van der Waals surface area (Å²) in [5, 5.41) is 0.773. The summed E-state index contributed by atoms with van der Waals surface area (Å²) in [4.78, 5) is 0. The lowest BCUT2D eigenvalue weighted by Crippen LogP contribution is -2.55. The Bertz CT molecular complexity index is 190. The van der Waals surface area contributed by atoms with Gasteiger partial charge >= 0.3 is 6.18 Å². The lowest BCUT2D eigenvalue weighted by Gasteiger charge is -2.36. The van der Waals surface area contributed by atoms with Gasteiger partial charge in [-0.1, -0.05) is 0 Å². The molecule has 1 aliphatic rings. The second-order valence-electron chi connectivity index (χ2n) is 3.10. The molecule has 1 heterocycles. The molecule has 0 aromatic rings. The summed E-state index contributed by atoms with van der Waals surface area (Å²) in [6.07, 6.45) is -5.73. The van der Waals surface area contributed by atoms with Crippen molar-refractivity contribution < 1.29 is 22.0 Å². The molecule has 0 aromatic carbocycles. The van der Waals surface area contributed by atoms with Gasteiger partial charge in [0.1, 0.15) is 5.92 Å². The van der Waals surface area contributed by atoms with Crippen LogP contribution in [0.25, 0.3) is 0 Å². The zero-order valence-electron chi connectivity index (χ0n) is 6.61. The van der Waals surface area contributed by atoms with E-state index < -0.39 is 31.0 Å². The van der Waals surface area contributed by atoms with Gasteiger partial charge in [-0.3, -0.25) is 5.84 Å². The number of hydrogen-bond donors (Lipinski definition) is 1. The van der Waals surface area contributed by atoms with Crippen molar-refractivity contribution in [2.75, 3.05) is 13.1 Å². The van der Waals surface area contributed by atoms with Gasteiger partial charge in [0.2, 0.25) is 0 Å². The molecule has 7 heteroatoms.